The van der Waals surface area contributed by atoms with Crippen LogP contribution in [0.3, 0.4) is 0 Å². The zero-order valence-corrected chi connectivity index (χ0v) is 16.6. The first kappa shape index (κ1) is 19.5. The van der Waals surface area contributed by atoms with Gasteiger partial charge < -0.3 is 20.7 Å². The SMILES string of the molecule is CN(C(=O)CN)c1ccccc1COC1=Cc2cc(Cl)ccc2NC1(C)Cl. The van der Waals surface area contributed by atoms with Crippen LogP contribution in [0.4, 0.5) is 11.4 Å². The molecule has 3 rings (SSSR count). The van der Waals surface area contributed by atoms with Gasteiger partial charge in [-0.25, -0.2) is 0 Å². The van der Waals surface area contributed by atoms with Gasteiger partial charge >= 0.3 is 0 Å². The molecule has 1 amide bonds. The van der Waals surface area contributed by atoms with Crippen molar-refractivity contribution in [2.75, 3.05) is 23.8 Å². The molecule has 7 heteroatoms. The highest BCUT2D eigenvalue weighted by atomic mass is 35.5. The maximum Gasteiger partial charge on any atom is 0.240 e. The molecule has 0 aromatic heterocycles. The first-order valence-electron chi connectivity index (χ1n) is 8.48. The highest BCUT2D eigenvalue weighted by Gasteiger charge is 2.32. The average molecular weight is 406 g/mol. The van der Waals surface area contributed by atoms with Gasteiger partial charge in [0.2, 0.25) is 5.91 Å². The van der Waals surface area contributed by atoms with Gasteiger partial charge in [-0.3, -0.25) is 4.79 Å². The Labute approximate surface area is 168 Å². The third-order valence-corrected chi connectivity index (χ3v) is 4.93. The number of hydrogen-bond donors (Lipinski definition) is 2. The molecular weight excluding hydrogens is 385 g/mol. The van der Waals surface area contributed by atoms with Crippen LogP contribution in [0.25, 0.3) is 6.08 Å². The van der Waals surface area contributed by atoms with Crippen LogP contribution in [-0.2, 0) is 16.1 Å². The highest BCUT2D eigenvalue weighted by molar-refractivity contribution is 6.31. The molecule has 142 valence electrons. The molecule has 1 unspecified atom stereocenters. The fraction of sp³-hybridized carbons (Fsp3) is 0.250. The Hall–Kier alpha value is -2.21. The Balaban J connectivity index is 1.85. The van der Waals surface area contributed by atoms with E-state index >= 15 is 0 Å². The van der Waals surface area contributed by atoms with Crippen molar-refractivity contribution in [2.24, 2.45) is 5.73 Å². The minimum atomic E-state index is -0.894. The summed E-state index contributed by atoms with van der Waals surface area (Å²) < 4.78 is 6.04. The summed E-state index contributed by atoms with van der Waals surface area (Å²) in [5.41, 5.74) is 8.87. The number of likely N-dealkylation sites (N-methyl/N-ethyl adjacent to an activating group) is 1. The fourth-order valence-electron chi connectivity index (χ4n) is 2.92. The third-order valence-electron chi connectivity index (χ3n) is 4.42. The number of anilines is 2. The number of hydrogen-bond acceptors (Lipinski definition) is 4. The van der Waals surface area contributed by atoms with Crippen LogP contribution in [0.2, 0.25) is 5.02 Å². The van der Waals surface area contributed by atoms with Crippen molar-refractivity contribution in [2.45, 2.75) is 18.5 Å². The van der Waals surface area contributed by atoms with E-state index in [0.29, 0.717) is 10.8 Å². The van der Waals surface area contributed by atoms with Crippen molar-refractivity contribution >= 4 is 46.6 Å². The van der Waals surface area contributed by atoms with Crippen molar-refractivity contribution in [3.8, 4) is 0 Å². The van der Waals surface area contributed by atoms with Gasteiger partial charge in [0.15, 0.2) is 5.00 Å². The maximum absolute atomic E-state index is 11.9. The standard InChI is InChI=1S/C20H21Cl2N3O2/c1-20(22)18(10-14-9-15(21)7-8-16(14)24-20)27-12-13-5-3-4-6-17(13)25(2)19(26)11-23/h3-10,24H,11-12,23H2,1-2H3. The zero-order valence-electron chi connectivity index (χ0n) is 15.1. The second-order valence-corrected chi connectivity index (χ2v) is 7.63. The molecule has 0 aliphatic carbocycles. The number of nitrogens with two attached hydrogens (primary N) is 1. The van der Waals surface area contributed by atoms with Crippen LogP contribution in [0.5, 0.6) is 0 Å². The third kappa shape index (κ3) is 4.21. The number of fused-ring (bicyclic) bond motifs is 1. The van der Waals surface area contributed by atoms with Crippen molar-refractivity contribution < 1.29 is 9.53 Å². The largest absolute Gasteiger partial charge is 0.489 e. The Kier molecular flexibility index (Phi) is 5.65. The Morgan fingerprint density at radius 1 is 1.30 bits per heavy atom. The first-order valence-corrected chi connectivity index (χ1v) is 9.23. The fourth-order valence-corrected chi connectivity index (χ4v) is 3.31. The van der Waals surface area contributed by atoms with Gasteiger partial charge in [0.1, 0.15) is 12.4 Å². The van der Waals surface area contributed by atoms with Crippen LogP contribution >= 0.6 is 23.2 Å². The summed E-state index contributed by atoms with van der Waals surface area (Å²) in [6.07, 6.45) is 1.88. The predicted octanol–water partition coefficient (Wildman–Crippen LogP) is 4.20. The summed E-state index contributed by atoms with van der Waals surface area (Å²) >= 11 is 12.7. The summed E-state index contributed by atoms with van der Waals surface area (Å²) in [7, 11) is 1.69. The van der Waals surface area contributed by atoms with Gasteiger partial charge in [-0.2, -0.15) is 0 Å². The number of halogens is 2. The van der Waals surface area contributed by atoms with E-state index in [-0.39, 0.29) is 19.1 Å². The Morgan fingerprint density at radius 2 is 2.04 bits per heavy atom. The summed E-state index contributed by atoms with van der Waals surface area (Å²) in [6.45, 7) is 2.02. The minimum Gasteiger partial charge on any atom is -0.489 e. The lowest BCUT2D eigenvalue weighted by Gasteiger charge is -2.32. The Morgan fingerprint density at radius 3 is 2.78 bits per heavy atom. The molecular formula is C20H21Cl2N3O2. The van der Waals surface area contributed by atoms with E-state index in [4.69, 9.17) is 33.7 Å². The molecule has 0 saturated carbocycles. The molecule has 0 radical (unpaired) electrons. The number of alkyl halides is 1. The summed E-state index contributed by atoms with van der Waals surface area (Å²) in [5, 5.41) is 3.88. The van der Waals surface area contributed by atoms with Crippen LogP contribution in [0, 0.1) is 0 Å². The maximum atomic E-state index is 11.9. The van der Waals surface area contributed by atoms with Gasteiger partial charge in [-0.05, 0) is 37.3 Å². The topological polar surface area (TPSA) is 67.6 Å². The van der Waals surface area contributed by atoms with E-state index < -0.39 is 5.00 Å². The van der Waals surface area contributed by atoms with Gasteiger partial charge in [-0.1, -0.05) is 41.4 Å². The quantitative estimate of drug-likeness (QED) is 0.577. The second kappa shape index (κ2) is 7.80. The lowest BCUT2D eigenvalue weighted by Crippen LogP contribution is -2.34. The molecule has 2 aromatic carbocycles. The Bertz CT molecular complexity index is 897. The minimum absolute atomic E-state index is 0.0575. The smallest absolute Gasteiger partial charge is 0.240 e. The zero-order chi connectivity index (χ0) is 19.6. The van der Waals surface area contributed by atoms with Crippen molar-refractivity contribution in [3.63, 3.8) is 0 Å². The lowest BCUT2D eigenvalue weighted by molar-refractivity contribution is -0.117. The van der Waals surface area contributed by atoms with Crippen molar-refractivity contribution in [1.29, 1.82) is 0 Å². The molecule has 1 aliphatic rings. The number of carbonyl (C=O) groups is 1. The summed E-state index contributed by atoms with van der Waals surface area (Å²) in [4.78, 5) is 12.6. The van der Waals surface area contributed by atoms with E-state index in [1.54, 1.807) is 13.1 Å². The number of nitrogens with zero attached hydrogens (tertiary/aromatic N) is 1. The number of amides is 1. The number of ether oxygens (including phenoxy) is 1. The van der Waals surface area contributed by atoms with E-state index in [9.17, 15) is 4.79 Å². The van der Waals surface area contributed by atoms with Crippen LogP contribution in [0.15, 0.2) is 48.2 Å². The second-order valence-electron chi connectivity index (χ2n) is 6.44. The molecule has 2 aromatic rings. The van der Waals surface area contributed by atoms with E-state index in [1.165, 1.54) is 4.90 Å². The molecule has 27 heavy (non-hydrogen) atoms. The van der Waals surface area contributed by atoms with Gasteiger partial charge in [-0.15, -0.1) is 0 Å². The lowest BCUT2D eigenvalue weighted by atomic mass is 10.0. The number of para-hydroxylation sites is 1. The first-order chi connectivity index (χ1) is 12.8. The molecule has 0 fully saturated rings. The van der Waals surface area contributed by atoms with E-state index in [0.717, 1.165) is 22.5 Å². The van der Waals surface area contributed by atoms with Crippen LogP contribution in [0.1, 0.15) is 18.1 Å². The average Bonchev–Trinajstić information content (AvgIpc) is 2.65. The van der Waals surface area contributed by atoms with Gasteiger partial charge in [0.05, 0.1) is 6.54 Å². The monoisotopic (exact) mass is 405 g/mol. The van der Waals surface area contributed by atoms with E-state index in [2.05, 4.69) is 5.32 Å². The predicted molar refractivity (Wildman–Crippen MR) is 111 cm³/mol. The summed E-state index contributed by atoms with van der Waals surface area (Å²) in [5.74, 6) is 0.397. The van der Waals surface area contributed by atoms with E-state index in [1.807, 2.05) is 49.4 Å². The molecule has 1 aliphatic heterocycles. The molecule has 0 bridgehead atoms. The molecule has 1 atom stereocenters. The van der Waals surface area contributed by atoms with Gasteiger partial charge in [0, 0.05) is 34.6 Å². The molecule has 1 heterocycles. The summed E-state index contributed by atoms with van der Waals surface area (Å²) in [6, 6.07) is 13.1. The number of carbonyl (C=O) groups excluding carboxylic acids is 1. The van der Waals surface area contributed by atoms with Gasteiger partial charge in [0.25, 0.3) is 0 Å². The highest BCUT2D eigenvalue weighted by Crippen LogP contribution is 2.38. The van der Waals surface area contributed by atoms with Crippen molar-refractivity contribution in [3.05, 3.63) is 64.4 Å². The molecule has 5 nitrogen and oxygen atoms in total. The normalized spacial score (nSPS) is 18.2. The van der Waals surface area contributed by atoms with Crippen molar-refractivity contribution in [1.82, 2.24) is 0 Å². The molecule has 3 N–H and O–H groups in total. The number of benzene rings is 2. The number of nitrogens with one attached hydrogen (secondary N) is 1. The van der Waals surface area contributed by atoms with Crippen LogP contribution < -0.4 is 16.0 Å². The molecule has 0 spiro atoms. The van der Waals surface area contributed by atoms with Crippen LogP contribution in [-0.4, -0.2) is 24.5 Å². The number of rotatable bonds is 5. The molecule has 0 saturated heterocycles.